The minimum atomic E-state index is -1.13. The molecule has 0 spiro atoms. The molecule has 0 aromatic rings. The molecule has 0 aliphatic rings. The van der Waals surface area contributed by atoms with Gasteiger partial charge < -0.3 is 20.6 Å². The fraction of sp³-hybridized carbons (Fsp3) is 0.968. The van der Waals surface area contributed by atoms with Crippen LogP contribution in [-0.2, 0) is 4.79 Å². The maximum absolute atomic E-state index is 12.2. The molecule has 3 atom stereocenters. The van der Waals surface area contributed by atoms with Crippen molar-refractivity contribution in [2.75, 3.05) is 6.61 Å². The average Bonchev–Trinajstić information content (AvgIpc) is 2.88. The second-order valence-corrected chi connectivity index (χ2v) is 11.0. The Morgan fingerprint density at radius 1 is 0.583 bits per heavy atom. The molecule has 4 N–H and O–H groups in total. The number of aliphatic hydroxyl groups is 3. The number of carbonyl (C=O) groups is 1. The van der Waals surface area contributed by atoms with Gasteiger partial charge in [-0.25, -0.2) is 0 Å². The number of rotatable bonds is 28. The van der Waals surface area contributed by atoms with Crippen molar-refractivity contribution in [2.45, 2.75) is 186 Å². The van der Waals surface area contributed by atoms with E-state index < -0.39 is 18.2 Å². The summed E-state index contributed by atoms with van der Waals surface area (Å²) in [5, 5.41) is 33.1. The molecule has 0 saturated carbocycles. The van der Waals surface area contributed by atoms with Crippen molar-refractivity contribution in [1.82, 2.24) is 5.32 Å². The highest BCUT2D eigenvalue weighted by molar-refractivity contribution is 5.76. The number of unbranched alkanes of at least 4 members (excludes halogenated alkanes) is 20. The first kappa shape index (κ1) is 35.4. The van der Waals surface area contributed by atoms with Gasteiger partial charge in [0, 0.05) is 6.42 Å². The molecule has 0 radical (unpaired) electrons. The van der Waals surface area contributed by atoms with E-state index in [-0.39, 0.29) is 12.5 Å². The third kappa shape index (κ3) is 22.5. The topological polar surface area (TPSA) is 89.8 Å². The van der Waals surface area contributed by atoms with Gasteiger partial charge in [-0.3, -0.25) is 4.79 Å². The van der Waals surface area contributed by atoms with Crippen molar-refractivity contribution in [3.63, 3.8) is 0 Å². The van der Waals surface area contributed by atoms with Crippen LogP contribution in [0.5, 0.6) is 0 Å². The van der Waals surface area contributed by atoms with Gasteiger partial charge in [-0.1, -0.05) is 149 Å². The van der Waals surface area contributed by atoms with Gasteiger partial charge in [-0.05, 0) is 12.8 Å². The lowest BCUT2D eigenvalue weighted by molar-refractivity contribution is -0.124. The van der Waals surface area contributed by atoms with E-state index in [1.165, 1.54) is 103 Å². The summed E-state index contributed by atoms with van der Waals surface area (Å²) in [5.74, 6) is -0.147. The van der Waals surface area contributed by atoms with Crippen LogP contribution in [0.2, 0.25) is 0 Å². The summed E-state index contributed by atoms with van der Waals surface area (Å²) >= 11 is 0. The number of hydrogen-bond acceptors (Lipinski definition) is 4. The third-order valence-corrected chi connectivity index (χ3v) is 7.46. The van der Waals surface area contributed by atoms with Crippen molar-refractivity contribution >= 4 is 5.91 Å². The van der Waals surface area contributed by atoms with E-state index in [1.807, 2.05) is 0 Å². The summed E-state index contributed by atoms with van der Waals surface area (Å²) in [6.45, 7) is 4.13. The highest BCUT2D eigenvalue weighted by Crippen LogP contribution is 2.15. The fourth-order valence-electron chi connectivity index (χ4n) is 4.92. The molecule has 0 aromatic carbocycles. The van der Waals surface area contributed by atoms with Crippen LogP contribution < -0.4 is 5.32 Å². The maximum Gasteiger partial charge on any atom is 0.220 e. The maximum atomic E-state index is 12.2. The van der Waals surface area contributed by atoms with Gasteiger partial charge in [0.05, 0.1) is 18.8 Å². The first-order valence-corrected chi connectivity index (χ1v) is 15.8. The summed E-state index contributed by atoms with van der Waals surface area (Å²) in [6.07, 6.45) is 26.1. The molecule has 3 unspecified atom stereocenters. The molecule has 36 heavy (non-hydrogen) atoms. The van der Waals surface area contributed by atoms with Crippen LogP contribution in [0.4, 0.5) is 0 Å². The lowest BCUT2D eigenvalue weighted by atomic mass is 9.99. The van der Waals surface area contributed by atoms with Gasteiger partial charge in [0.2, 0.25) is 5.91 Å². The molecule has 0 rings (SSSR count). The van der Waals surface area contributed by atoms with E-state index in [9.17, 15) is 20.1 Å². The zero-order valence-corrected chi connectivity index (χ0v) is 24.2. The molecule has 0 aromatic heterocycles. The Labute approximate surface area is 224 Å². The van der Waals surface area contributed by atoms with Crippen LogP contribution in [0.1, 0.15) is 168 Å². The van der Waals surface area contributed by atoms with E-state index in [0.29, 0.717) is 12.8 Å². The van der Waals surface area contributed by atoms with Gasteiger partial charge >= 0.3 is 0 Å². The highest BCUT2D eigenvalue weighted by atomic mass is 16.3. The summed E-state index contributed by atoms with van der Waals surface area (Å²) < 4.78 is 0. The van der Waals surface area contributed by atoms with Crippen LogP contribution in [0.25, 0.3) is 0 Å². The van der Waals surface area contributed by atoms with Crippen LogP contribution in [-0.4, -0.2) is 46.1 Å². The minimum Gasteiger partial charge on any atom is -0.394 e. The molecule has 1 amide bonds. The van der Waals surface area contributed by atoms with E-state index in [4.69, 9.17) is 0 Å². The summed E-state index contributed by atoms with van der Waals surface area (Å²) in [4.78, 5) is 12.2. The SMILES string of the molecule is CCCCCCCCCCCCCC(=O)NC(CO)C(O)C(O)CCCCCCCCCCCCC. The molecule has 0 fully saturated rings. The summed E-state index contributed by atoms with van der Waals surface area (Å²) in [7, 11) is 0. The normalized spacial score (nSPS) is 14.0. The standard InChI is InChI=1S/C31H63NO4/c1-3-5-7-9-11-13-15-17-19-21-23-25-29(34)31(36)28(27-33)32-30(35)26-24-22-20-18-16-14-12-10-8-6-4-2/h28-29,31,33-34,36H,3-27H2,1-2H3,(H,32,35). The van der Waals surface area contributed by atoms with Gasteiger partial charge in [0.15, 0.2) is 0 Å². The Morgan fingerprint density at radius 2 is 0.944 bits per heavy atom. The van der Waals surface area contributed by atoms with Crippen LogP contribution in [0.3, 0.4) is 0 Å². The Bertz CT molecular complexity index is 460. The van der Waals surface area contributed by atoms with E-state index in [1.54, 1.807) is 0 Å². The molecular weight excluding hydrogens is 450 g/mol. The first-order chi connectivity index (χ1) is 17.6. The number of hydrogen-bond donors (Lipinski definition) is 4. The predicted molar refractivity (Wildman–Crippen MR) is 153 cm³/mol. The molecule has 0 saturated heterocycles. The molecule has 0 heterocycles. The minimum absolute atomic E-state index is 0.147. The summed E-state index contributed by atoms with van der Waals surface area (Å²) in [6, 6.07) is -0.798. The highest BCUT2D eigenvalue weighted by Gasteiger charge is 2.26. The van der Waals surface area contributed by atoms with Crippen molar-refractivity contribution in [1.29, 1.82) is 0 Å². The molecule has 216 valence electrons. The van der Waals surface area contributed by atoms with Crippen molar-refractivity contribution in [2.24, 2.45) is 0 Å². The Hall–Kier alpha value is -0.650. The lowest BCUT2D eigenvalue weighted by Crippen LogP contribution is -2.50. The van der Waals surface area contributed by atoms with Crippen LogP contribution in [0.15, 0.2) is 0 Å². The second kappa shape index (κ2) is 27.4. The quantitative estimate of drug-likeness (QED) is 0.0811. The number of aliphatic hydroxyl groups excluding tert-OH is 3. The Balaban J connectivity index is 3.74. The van der Waals surface area contributed by atoms with Gasteiger partial charge in [0.25, 0.3) is 0 Å². The van der Waals surface area contributed by atoms with E-state index >= 15 is 0 Å². The average molecular weight is 514 g/mol. The second-order valence-electron chi connectivity index (χ2n) is 11.0. The first-order valence-electron chi connectivity index (χ1n) is 15.8. The number of nitrogens with one attached hydrogen (secondary N) is 1. The Morgan fingerprint density at radius 3 is 1.33 bits per heavy atom. The molecule has 5 heteroatoms. The van der Waals surface area contributed by atoms with Crippen LogP contribution in [0, 0.1) is 0 Å². The number of amides is 1. The summed E-state index contributed by atoms with van der Waals surface area (Å²) in [5.41, 5.74) is 0. The zero-order chi connectivity index (χ0) is 26.7. The molecule has 5 nitrogen and oxygen atoms in total. The fourth-order valence-corrected chi connectivity index (χ4v) is 4.92. The molecule has 0 bridgehead atoms. The predicted octanol–water partition coefficient (Wildman–Crippen LogP) is 7.59. The van der Waals surface area contributed by atoms with Gasteiger partial charge in [-0.15, -0.1) is 0 Å². The van der Waals surface area contributed by atoms with Crippen molar-refractivity contribution < 1.29 is 20.1 Å². The van der Waals surface area contributed by atoms with Gasteiger partial charge in [-0.2, -0.15) is 0 Å². The van der Waals surface area contributed by atoms with Crippen molar-refractivity contribution in [3.05, 3.63) is 0 Å². The van der Waals surface area contributed by atoms with E-state index in [2.05, 4.69) is 19.2 Å². The van der Waals surface area contributed by atoms with Gasteiger partial charge in [0.1, 0.15) is 6.10 Å². The smallest absolute Gasteiger partial charge is 0.220 e. The Kier molecular flexibility index (Phi) is 26.9. The largest absolute Gasteiger partial charge is 0.394 e. The zero-order valence-electron chi connectivity index (χ0n) is 24.2. The molecular formula is C31H63NO4. The molecule has 0 aliphatic heterocycles. The number of carbonyl (C=O) groups excluding carboxylic acids is 1. The van der Waals surface area contributed by atoms with E-state index in [0.717, 1.165) is 38.5 Å². The third-order valence-electron chi connectivity index (χ3n) is 7.46. The monoisotopic (exact) mass is 513 g/mol. The molecule has 0 aliphatic carbocycles. The van der Waals surface area contributed by atoms with Crippen molar-refractivity contribution in [3.8, 4) is 0 Å². The lowest BCUT2D eigenvalue weighted by Gasteiger charge is -2.26. The van der Waals surface area contributed by atoms with Crippen LogP contribution >= 0.6 is 0 Å².